The van der Waals surface area contributed by atoms with Crippen LogP contribution >= 0.6 is 0 Å². The minimum atomic E-state index is 0.0762. The summed E-state index contributed by atoms with van der Waals surface area (Å²) in [6.45, 7) is 0.803. The molecule has 2 aliphatic rings. The van der Waals surface area contributed by atoms with Crippen molar-refractivity contribution in [3.05, 3.63) is 59.7 Å². The maximum absolute atomic E-state index is 10.2. The van der Waals surface area contributed by atoms with Crippen molar-refractivity contribution in [2.75, 3.05) is 11.9 Å². The first kappa shape index (κ1) is 12.7. The molecule has 0 amide bonds. The fraction of sp³-hybridized carbons (Fsp3) is 0.333. The van der Waals surface area contributed by atoms with E-state index < -0.39 is 0 Å². The number of phenolic OH excluding ortho intramolecular Hbond substituents is 1. The van der Waals surface area contributed by atoms with E-state index in [1.54, 1.807) is 6.07 Å². The van der Waals surface area contributed by atoms with Gasteiger partial charge >= 0.3 is 0 Å². The lowest BCUT2D eigenvalue weighted by atomic mass is 9.77. The van der Waals surface area contributed by atoms with Crippen LogP contribution < -0.4 is 5.32 Å². The molecule has 1 fully saturated rings. The first-order valence-electron chi connectivity index (χ1n) is 7.59. The Bertz CT molecular complexity index is 641. The lowest BCUT2D eigenvalue weighted by Gasteiger charge is -2.43. The van der Waals surface area contributed by atoms with Crippen molar-refractivity contribution in [2.24, 2.45) is 5.92 Å². The average Bonchev–Trinajstić information content (AvgIpc) is 2.55. The lowest BCUT2D eigenvalue weighted by molar-refractivity contribution is -0.0382. The molecule has 2 aromatic carbocycles. The van der Waals surface area contributed by atoms with Gasteiger partial charge in [0.05, 0.1) is 17.8 Å². The molecule has 0 aliphatic carbocycles. The second-order valence-corrected chi connectivity index (χ2v) is 5.87. The highest BCUT2D eigenvalue weighted by Crippen LogP contribution is 2.51. The van der Waals surface area contributed by atoms with Crippen LogP contribution in [-0.4, -0.2) is 11.7 Å². The molecule has 0 bridgehead atoms. The number of ether oxygens (including phenoxy) is 1. The third-order valence-electron chi connectivity index (χ3n) is 4.64. The van der Waals surface area contributed by atoms with Crippen LogP contribution in [0.3, 0.4) is 0 Å². The monoisotopic (exact) mass is 281 g/mol. The molecule has 4 rings (SSSR count). The van der Waals surface area contributed by atoms with E-state index in [0.29, 0.717) is 11.7 Å². The first-order valence-corrected chi connectivity index (χ1v) is 7.59. The van der Waals surface area contributed by atoms with Crippen LogP contribution in [0.1, 0.15) is 36.1 Å². The molecule has 0 radical (unpaired) electrons. The standard InChI is InChI=1S/C18H19NO2/c20-15-10-4-8-14-17(15)19-16(12-6-2-1-3-7-12)13-9-5-11-21-18(13)14/h1-4,6-8,10,13,16,18-20H,5,9,11H2/t13-,16-,18-/m0/s1. The normalized spacial score (nSPS) is 27.3. The Morgan fingerprint density at radius 3 is 2.76 bits per heavy atom. The number of phenols is 1. The third kappa shape index (κ3) is 2.09. The van der Waals surface area contributed by atoms with Crippen LogP contribution in [-0.2, 0) is 4.74 Å². The minimum absolute atomic E-state index is 0.0762. The highest BCUT2D eigenvalue weighted by molar-refractivity contribution is 5.65. The summed E-state index contributed by atoms with van der Waals surface area (Å²) >= 11 is 0. The van der Waals surface area contributed by atoms with Crippen LogP contribution in [0, 0.1) is 5.92 Å². The second-order valence-electron chi connectivity index (χ2n) is 5.87. The van der Waals surface area contributed by atoms with Crippen molar-refractivity contribution in [3.8, 4) is 5.75 Å². The fourth-order valence-electron chi connectivity index (χ4n) is 3.67. The quantitative estimate of drug-likeness (QED) is 0.776. The zero-order valence-electron chi connectivity index (χ0n) is 11.8. The van der Waals surface area contributed by atoms with Crippen molar-refractivity contribution in [2.45, 2.75) is 25.0 Å². The molecule has 108 valence electrons. The van der Waals surface area contributed by atoms with Gasteiger partial charge in [0.1, 0.15) is 5.75 Å². The number of hydrogen-bond acceptors (Lipinski definition) is 3. The summed E-state index contributed by atoms with van der Waals surface area (Å²) in [4.78, 5) is 0. The summed E-state index contributed by atoms with van der Waals surface area (Å²) in [5.74, 6) is 0.719. The Labute approximate surface area is 124 Å². The van der Waals surface area contributed by atoms with Crippen LogP contribution in [0.15, 0.2) is 48.5 Å². The number of hydrogen-bond donors (Lipinski definition) is 2. The van der Waals surface area contributed by atoms with Crippen LogP contribution in [0.2, 0.25) is 0 Å². The van der Waals surface area contributed by atoms with Crippen molar-refractivity contribution >= 4 is 5.69 Å². The zero-order chi connectivity index (χ0) is 14.2. The van der Waals surface area contributed by atoms with Crippen molar-refractivity contribution in [1.82, 2.24) is 0 Å². The molecule has 0 aromatic heterocycles. The summed E-state index contributed by atoms with van der Waals surface area (Å²) in [5, 5.41) is 13.7. The summed E-state index contributed by atoms with van der Waals surface area (Å²) in [7, 11) is 0. The predicted molar refractivity (Wildman–Crippen MR) is 82.3 cm³/mol. The molecule has 2 heterocycles. The third-order valence-corrected chi connectivity index (χ3v) is 4.64. The molecule has 21 heavy (non-hydrogen) atoms. The molecule has 0 spiro atoms. The number of rotatable bonds is 1. The molecule has 3 nitrogen and oxygen atoms in total. The summed E-state index contributed by atoms with van der Waals surface area (Å²) < 4.78 is 6.06. The van der Waals surface area contributed by atoms with Gasteiger partial charge < -0.3 is 15.2 Å². The highest BCUT2D eigenvalue weighted by atomic mass is 16.5. The molecule has 2 N–H and O–H groups in total. The second kappa shape index (κ2) is 5.08. The fourth-order valence-corrected chi connectivity index (χ4v) is 3.67. The van der Waals surface area contributed by atoms with Gasteiger partial charge in [0.25, 0.3) is 0 Å². The van der Waals surface area contributed by atoms with Crippen molar-refractivity contribution in [3.63, 3.8) is 0 Å². The van der Waals surface area contributed by atoms with Gasteiger partial charge in [-0.2, -0.15) is 0 Å². The van der Waals surface area contributed by atoms with Gasteiger partial charge in [-0.25, -0.2) is 0 Å². The minimum Gasteiger partial charge on any atom is -0.506 e. The number of benzene rings is 2. The smallest absolute Gasteiger partial charge is 0.139 e. The van der Waals surface area contributed by atoms with Crippen molar-refractivity contribution < 1.29 is 9.84 Å². The summed E-state index contributed by atoms with van der Waals surface area (Å²) in [6, 6.07) is 16.3. The van der Waals surface area contributed by atoms with Crippen LogP contribution in [0.25, 0.3) is 0 Å². The average molecular weight is 281 g/mol. The van der Waals surface area contributed by atoms with Gasteiger partial charge in [0.15, 0.2) is 0 Å². The Kier molecular flexibility index (Phi) is 3.08. The van der Waals surface area contributed by atoms with E-state index in [9.17, 15) is 5.11 Å². The Hall–Kier alpha value is -2.00. The van der Waals surface area contributed by atoms with E-state index in [4.69, 9.17) is 4.74 Å². The molecular weight excluding hydrogens is 262 g/mol. The number of para-hydroxylation sites is 1. The number of anilines is 1. The van der Waals surface area contributed by atoms with E-state index >= 15 is 0 Å². The Balaban J connectivity index is 1.81. The van der Waals surface area contributed by atoms with Gasteiger partial charge in [-0.05, 0) is 24.5 Å². The van der Waals surface area contributed by atoms with Crippen molar-refractivity contribution in [1.29, 1.82) is 0 Å². The largest absolute Gasteiger partial charge is 0.506 e. The maximum Gasteiger partial charge on any atom is 0.139 e. The van der Waals surface area contributed by atoms with Gasteiger partial charge in [0.2, 0.25) is 0 Å². The van der Waals surface area contributed by atoms with E-state index in [-0.39, 0.29) is 12.1 Å². The number of nitrogens with one attached hydrogen (secondary N) is 1. The predicted octanol–water partition coefficient (Wildman–Crippen LogP) is 4.03. The lowest BCUT2D eigenvalue weighted by Crippen LogP contribution is -2.35. The molecule has 3 atom stereocenters. The summed E-state index contributed by atoms with van der Waals surface area (Å²) in [5.41, 5.74) is 3.17. The number of fused-ring (bicyclic) bond motifs is 3. The van der Waals surface area contributed by atoms with Crippen LogP contribution in [0.5, 0.6) is 5.75 Å². The SMILES string of the molecule is Oc1cccc2c1N[C@@H](c1ccccc1)[C@@H]1CCCO[C@H]21. The van der Waals surface area contributed by atoms with Gasteiger partial charge in [0, 0.05) is 18.1 Å². The van der Waals surface area contributed by atoms with Gasteiger partial charge in [-0.15, -0.1) is 0 Å². The van der Waals surface area contributed by atoms with E-state index in [0.717, 1.165) is 30.7 Å². The van der Waals surface area contributed by atoms with Gasteiger partial charge in [-0.3, -0.25) is 0 Å². The van der Waals surface area contributed by atoms with Crippen LogP contribution in [0.4, 0.5) is 5.69 Å². The Morgan fingerprint density at radius 2 is 1.90 bits per heavy atom. The van der Waals surface area contributed by atoms with E-state index in [1.165, 1.54) is 5.56 Å². The molecule has 0 saturated carbocycles. The molecular formula is C18H19NO2. The highest BCUT2D eigenvalue weighted by Gasteiger charge is 2.40. The molecule has 3 heteroatoms. The Morgan fingerprint density at radius 1 is 1.05 bits per heavy atom. The summed E-state index contributed by atoms with van der Waals surface area (Å²) in [6.07, 6.45) is 2.32. The number of aromatic hydroxyl groups is 1. The molecule has 1 saturated heterocycles. The topological polar surface area (TPSA) is 41.5 Å². The first-order chi connectivity index (χ1) is 10.3. The van der Waals surface area contributed by atoms with E-state index in [2.05, 4.69) is 35.6 Å². The molecule has 2 aliphatic heterocycles. The maximum atomic E-state index is 10.2. The molecule has 2 aromatic rings. The zero-order valence-corrected chi connectivity index (χ0v) is 11.8. The van der Waals surface area contributed by atoms with Gasteiger partial charge in [-0.1, -0.05) is 42.5 Å². The van der Waals surface area contributed by atoms with E-state index in [1.807, 2.05) is 12.1 Å². The molecule has 0 unspecified atom stereocenters.